The number of thioether (sulfide) groups is 1. The lowest BCUT2D eigenvalue weighted by molar-refractivity contribution is 0.618. The molecule has 1 nitrogen and oxygen atoms in total. The van der Waals surface area contributed by atoms with E-state index in [9.17, 15) is 4.39 Å². The molecule has 0 bridgehead atoms. The van der Waals surface area contributed by atoms with Crippen LogP contribution in [0.15, 0.2) is 47.0 Å². The van der Waals surface area contributed by atoms with E-state index in [1.165, 1.54) is 17.8 Å². The average molecular weight is 368 g/mol. The number of hydrogen-bond acceptors (Lipinski definition) is 2. The van der Waals surface area contributed by atoms with Crippen LogP contribution in [0.1, 0.15) is 30.7 Å². The van der Waals surface area contributed by atoms with Crippen LogP contribution in [0.25, 0.3) is 10.5 Å². The molecule has 0 aliphatic carbocycles. The molecule has 0 spiro atoms. The zero-order valence-electron chi connectivity index (χ0n) is 13.1. The van der Waals surface area contributed by atoms with Crippen molar-refractivity contribution in [1.29, 1.82) is 0 Å². The Morgan fingerprint density at radius 2 is 1.91 bits per heavy atom. The van der Waals surface area contributed by atoms with Gasteiger partial charge in [-0.2, -0.15) is 0 Å². The summed E-state index contributed by atoms with van der Waals surface area (Å²) in [6.45, 7) is 9.27. The van der Waals surface area contributed by atoms with Crippen molar-refractivity contribution < 1.29 is 4.39 Å². The van der Waals surface area contributed by atoms with E-state index in [-0.39, 0.29) is 5.02 Å². The van der Waals surface area contributed by atoms with E-state index in [0.717, 1.165) is 21.2 Å². The van der Waals surface area contributed by atoms with Crippen molar-refractivity contribution in [2.45, 2.75) is 25.8 Å². The third kappa shape index (κ3) is 4.17. The number of halogens is 3. The summed E-state index contributed by atoms with van der Waals surface area (Å²) >= 11 is 13.5. The molecule has 0 unspecified atom stereocenters. The summed E-state index contributed by atoms with van der Waals surface area (Å²) in [6.07, 6.45) is 0. The van der Waals surface area contributed by atoms with E-state index in [1.54, 1.807) is 19.9 Å². The molecular formula is C18H16Cl2FNS. The predicted octanol–water partition coefficient (Wildman–Crippen LogP) is 6.94. The van der Waals surface area contributed by atoms with E-state index in [2.05, 4.69) is 11.6 Å². The van der Waals surface area contributed by atoms with E-state index < -0.39 is 5.82 Å². The Labute approximate surface area is 150 Å². The maximum absolute atomic E-state index is 14.1. The number of pyridine rings is 1. The summed E-state index contributed by atoms with van der Waals surface area (Å²) < 4.78 is 14.1. The average Bonchev–Trinajstić information content (AvgIpc) is 2.51. The summed E-state index contributed by atoms with van der Waals surface area (Å²) in [5.74, 6) is -0.427. The van der Waals surface area contributed by atoms with Gasteiger partial charge in [0.25, 0.3) is 0 Å². The van der Waals surface area contributed by atoms with Crippen molar-refractivity contribution >= 4 is 45.4 Å². The molecule has 0 N–H and O–H groups in total. The topological polar surface area (TPSA) is 12.9 Å². The van der Waals surface area contributed by atoms with Gasteiger partial charge < -0.3 is 0 Å². The fraction of sp³-hybridized carbons (Fsp3) is 0.167. The zero-order valence-corrected chi connectivity index (χ0v) is 15.4. The second-order valence-electron chi connectivity index (χ2n) is 5.14. The maximum Gasteiger partial charge on any atom is 0.145 e. The highest BCUT2D eigenvalue weighted by atomic mass is 35.5. The van der Waals surface area contributed by atoms with Gasteiger partial charge in [0, 0.05) is 9.94 Å². The SMILES string of the molecule is C=C(C)c1cccc(S/C(=C(/C)Cl)c2ccc(Cl)c(F)c2C)n1. The molecule has 0 atom stereocenters. The minimum Gasteiger partial charge on any atom is -0.242 e. The predicted molar refractivity (Wildman–Crippen MR) is 99.4 cm³/mol. The second-order valence-corrected chi connectivity index (χ2v) is 7.14. The van der Waals surface area contributed by atoms with Gasteiger partial charge in [-0.3, -0.25) is 0 Å². The molecule has 5 heteroatoms. The number of benzene rings is 1. The molecule has 0 aliphatic rings. The molecule has 120 valence electrons. The molecule has 1 aromatic carbocycles. The first-order valence-corrected chi connectivity index (χ1v) is 8.50. The van der Waals surface area contributed by atoms with Gasteiger partial charge >= 0.3 is 0 Å². The van der Waals surface area contributed by atoms with Crippen LogP contribution in [0.5, 0.6) is 0 Å². The number of aromatic nitrogens is 1. The number of rotatable bonds is 4. The standard InChI is InChI=1S/C18H16Cl2FNS/c1-10(2)15-6-5-7-16(22-15)23-18(12(4)19)13-8-9-14(20)17(21)11(13)3/h5-9H,1H2,2-4H3/b18-12-. The van der Waals surface area contributed by atoms with Gasteiger partial charge in [-0.1, -0.05) is 53.7 Å². The molecule has 0 radical (unpaired) electrons. The first-order chi connectivity index (χ1) is 10.8. The second kappa shape index (κ2) is 7.52. The molecule has 2 rings (SSSR count). The number of hydrogen-bond donors (Lipinski definition) is 0. The minimum absolute atomic E-state index is 0.102. The Bertz CT molecular complexity index is 796. The normalized spacial score (nSPS) is 12.1. The van der Waals surface area contributed by atoms with Crippen LogP contribution in [0.2, 0.25) is 5.02 Å². The summed E-state index contributed by atoms with van der Waals surface area (Å²) in [5.41, 5.74) is 2.89. The monoisotopic (exact) mass is 367 g/mol. The van der Waals surface area contributed by atoms with Crippen molar-refractivity contribution in [3.8, 4) is 0 Å². The van der Waals surface area contributed by atoms with Crippen molar-refractivity contribution in [3.05, 3.63) is 69.6 Å². The quantitative estimate of drug-likeness (QED) is 0.543. The Morgan fingerprint density at radius 1 is 1.22 bits per heavy atom. The molecule has 1 heterocycles. The van der Waals surface area contributed by atoms with Crippen LogP contribution in [-0.4, -0.2) is 4.98 Å². The molecule has 0 aliphatic heterocycles. The van der Waals surface area contributed by atoms with Crippen LogP contribution in [0, 0.1) is 12.7 Å². The molecule has 0 saturated heterocycles. The van der Waals surface area contributed by atoms with Gasteiger partial charge in [0.05, 0.1) is 10.7 Å². The Kier molecular flexibility index (Phi) is 5.90. The van der Waals surface area contributed by atoms with Gasteiger partial charge in [0.15, 0.2) is 0 Å². The molecule has 0 amide bonds. The highest BCUT2D eigenvalue weighted by molar-refractivity contribution is 8.08. The van der Waals surface area contributed by atoms with Crippen LogP contribution in [0.3, 0.4) is 0 Å². The Balaban J connectivity index is 2.46. The molecule has 0 fully saturated rings. The number of nitrogens with zero attached hydrogens (tertiary/aromatic N) is 1. The van der Waals surface area contributed by atoms with Crippen LogP contribution in [-0.2, 0) is 0 Å². The third-order valence-electron chi connectivity index (χ3n) is 3.26. The van der Waals surface area contributed by atoms with Gasteiger partial charge in [-0.05, 0) is 55.7 Å². The van der Waals surface area contributed by atoms with Crippen molar-refractivity contribution in [2.24, 2.45) is 0 Å². The summed E-state index contributed by atoms with van der Waals surface area (Å²) in [7, 11) is 0. The Hall–Kier alpha value is -1.29. The summed E-state index contributed by atoms with van der Waals surface area (Å²) in [5, 5.41) is 1.45. The maximum atomic E-state index is 14.1. The van der Waals surface area contributed by atoms with E-state index in [0.29, 0.717) is 16.2 Å². The van der Waals surface area contributed by atoms with E-state index in [1.807, 2.05) is 25.1 Å². The van der Waals surface area contributed by atoms with E-state index >= 15 is 0 Å². The lowest BCUT2D eigenvalue weighted by Crippen LogP contribution is -1.94. The summed E-state index contributed by atoms with van der Waals surface area (Å²) in [4.78, 5) is 5.30. The highest BCUT2D eigenvalue weighted by Gasteiger charge is 2.15. The zero-order chi connectivity index (χ0) is 17.1. The van der Waals surface area contributed by atoms with Gasteiger partial charge in [0.2, 0.25) is 0 Å². The van der Waals surface area contributed by atoms with Gasteiger partial charge in [0.1, 0.15) is 10.8 Å². The molecular weight excluding hydrogens is 352 g/mol. The van der Waals surface area contributed by atoms with Crippen LogP contribution >= 0.6 is 35.0 Å². The van der Waals surface area contributed by atoms with Gasteiger partial charge in [-0.25, -0.2) is 9.37 Å². The summed E-state index contributed by atoms with van der Waals surface area (Å²) in [6, 6.07) is 9.01. The van der Waals surface area contributed by atoms with Crippen LogP contribution < -0.4 is 0 Å². The third-order valence-corrected chi connectivity index (χ3v) is 5.02. The lowest BCUT2D eigenvalue weighted by atomic mass is 10.1. The smallest absolute Gasteiger partial charge is 0.145 e. The van der Waals surface area contributed by atoms with Crippen LogP contribution in [0.4, 0.5) is 4.39 Å². The first-order valence-electron chi connectivity index (χ1n) is 6.93. The molecule has 2 aromatic rings. The highest BCUT2D eigenvalue weighted by Crippen LogP contribution is 2.40. The first kappa shape index (κ1) is 18.1. The fourth-order valence-corrected chi connectivity index (χ4v) is 3.42. The molecule has 23 heavy (non-hydrogen) atoms. The Morgan fingerprint density at radius 3 is 2.52 bits per heavy atom. The van der Waals surface area contributed by atoms with E-state index in [4.69, 9.17) is 23.2 Å². The number of allylic oxidation sites excluding steroid dienone is 2. The minimum atomic E-state index is -0.427. The van der Waals surface area contributed by atoms with Crippen molar-refractivity contribution in [1.82, 2.24) is 4.98 Å². The lowest BCUT2D eigenvalue weighted by Gasteiger charge is -2.13. The fourth-order valence-electron chi connectivity index (χ4n) is 2.02. The van der Waals surface area contributed by atoms with Gasteiger partial charge in [-0.15, -0.1) is 0 Å². The largest absolute Gasteiger partial charge is 0.242 e. The van der Waals surface area contributed by atoms with Crippen molar-refractivity contribution in [2.75, 3.05) is 0 Å². The molecule has 0 saturated carbocycles. The molecule has 1 aromatic heterocycles. The van der Waals surface area contributed by atoms with Crippen molar-refractivity contribution in [3.63, 3.8) is 0 Å².